The molecule has 0 spiro atoms. The zero-order valence-electron chi connectivity index (χ0n) is 9.40. The zero-order chi connectivity index (χ0) is 12.5. The molecule has 0 amide bonds. The maximum atomic E-state index is 12.1. The van der Waals surface area contributed by atoms with Gasteiger partial charge in [0.1, 0.15) is 0 Å². The molecule has 0 fully saturated rings. The fourth-order valence-corrected chi connectivity index (χ4v) is 2.05. The van der Waals surface area contributed by atoms with E-state index in [2.05, 4.69) is 5.10 Å². The largest absolute Gasteiger partial charge is 0.390 e. The van der Waals surface area contributed by atoms with Gasteiger partial charge in [-0.1, -0.05) is 0 Å². The molecule has 1 rings (SSSR count). The van der Waals surface area contributed by atoms with E-state index in [-0.39, 0.29) is 11.9 Å². The second-order valence-corrected chi connectivity index (χ2v) is 4.44. The van der Waals surface area contributed by atoms with Crippen molar-refractivity contribution in [2.45, 2.75) is 45.3 Å². The molecule has 0 aliphatic carbocycles. The van der Waals surface area contributed by atoms with Gasteiger partial charge in [0.2, 0.25) is 0 Å². The van der Waals surface area contributed by atoms with Gasteiger partial charge < -0.3 is 0 Å². The summed E-state index contributed by atoms with van der Waals surface area (Å²) < 4.78 is 37.6. The van der Waals surface area contributed by atoms with Crippen LogP contribution in [0.25, 0.3) is 0 Å². The summed E-state index contributed by atoms with van der Waals surface area (Å²) in [6, 6.07) is 0. The molecule has 1 atom stereocenters. The maximum absolute atomic E-state index is 12.1. The second kappa shape index (κ2) is 4.65. The first-order valence-corrected chi connectivity index (χ1v) is 5.40. The van der Waals surface area contributed by atoms with Crippen LogP contribution in [0.5, 0.6) is 0 Å². The van der Waals surface area contributed by atoms with Crippen LogP contribution in [0.15, 0.2) is 0 Å². The molecule has 1 aromatic heterocycles. The number of hydrogen-bond acceptors (Lipinski definition) is 1. The number of halogens is 4. The Morgan fingerprint density at radius 1 is 1.38 bits per heavy atom. The molecule has 0 aliphatic heterocycles. The van der Waals surface area contributed by atoms with E-state index in [0.717, 1.165) is 5.56 Å². The van der Waals surface area contributed by atoms with Crippen molar-refractivity contribution in [3.63, 3.8) is 0 Å². The van der Waals surface area contributed by atoms with Crippen molar-refractivity contribution in [3.05, 3.63) is 17.0 Å². The van der Waals surface area contributed by atoms with Gasteiger partial charge in [0.15, 0.2) is 0 Å². The molecular formula is C10H14ClF3N2. The fourth-order valence-electron chi connectivity index (χ4n) is 1.74. The summed E-state index contributed by atoms with van der Waals surface area (Å²) in [4.78, 5) is 0. The third-order valence-corrected chi connectivity index (χ3v) is 2.66. The Morgan fingerprint density at radius 2 is 1.94 bits per heavy atom. The topological polar surface area (TPSA) is 17.8 Å². The molecule has 0 radical (unpaired) electrons. The molecule has 2 nitrogen and oxygen atoms in total. The van der Waals surface area contributed by atoms with Gasteiger partial charge in [-0.15, -0.1) is 11.6 Å². The highest BCUT2D eigenvalue weighted by atomic mass is 35.5. The molecule has 1 aromatic rings. The molecular weight excluding hydrogens is 241 g/mol. The van der Waals surface area contributed by atoms with Crippen LogP contribution in [0.2, 0.25) is 0 Å². The summed E-state index contributed by atoms with van der Waals surface area (Å²) in [5.41, 5.74) is 2.23. The van der Waals surface area contributed by atoms with Crippen LogP contribution in [0.1, 0.15) is 35.7 Å². The number of hydrogen-bond donors (Lipinski definition) is 0. The minimum Gasteiger partial charge on any atom is -0.269 e. The monoisotopic (exact) mass is 254 g/mol. The van der Waals surface area contributed by atoms with Crippen molar-refractivity contribution in [2.24, 2.45) is 0 Å². The van der Waals surface area contributed by atoms with Crippen molar-refractivity contribution in [3.8, 4) is 0 Å². The molecule has 1 heterocycles. The third kappa shape index (κ3) is 3.14. The van der Waals surface area contributed by atoms with Crippen molar-refractivity contribution in [1.29, 1.82) is 0 Å². The molecule has 0 aromatic carbocycles. The number of alkyl halides is 4. The Bertz CT molecular complexity index is 369. The summed E-state index contributed by atoms with van der Waals surface area (Å²) in [5.74, 6) is 0. The highest BCUT2D eigenvalue weighted by molar-refractivity contribution is 6.20. The van der Waals surface area contributed by atoms with Gasteiger partial charge in [0, 0.05) is 17.8 Å². The predicted octanol–water partition coefficient (Wildman–Crippen LogP) is 3.75. The summed E-state index contributed by atoms with van der Waals surface area (Å²) in [6.07, 6.45) is -5.02. The van der Waals surface area contributed by atoms with Gasteiger partial charge in [-0.3, -0.25) is 4.68 Å². The molecule has 6 heteroatoms. The van der Waals surface area contributed by atoms with Gasteiger partial charge >= 0.3 is 6.18 Å². The van der Waals surface area contributed by atoms with E-state index >= 15 is 0 Å². The minimum atomic E-state index is -4.15. The first-order valence-electron chi connectivity index (χ1n) is 4.97. The summed E-state index contributed by atoms with van der Waals surface area (Å²) >= 11 is 5.94. The summed E-state index contributed by atoms with van der Waals surface area (Å²) in [6.45, 7) is 5.13. The lowest BCUT2D eigenvalue weighted by atomic mass is 10.1. The lowest BCUT2D eigenvalue weighted by Gasteiger charge is -2.08. The molecule has 1 unspecified atom stereocenters. The average molecular weight is 255 g/mol. The number of aryl methyl sites for hydroxylation is 2. The quantitative estimate of drug-likeness (QED) is 0.751. The molecule has 0 aliphatic rings. The zero-order valence-corrected chi connectivity index (χ0v) is 10.2. The molecule has 0 bridgehead atoms. The van der Waals surface area contributed by atoms with Crippen LogP contribution >= 0.6 is 11.6 Å². The van der Waals surface area contributed by atoms with Crippen molar-refractivity contribution in [2.75, 3.05) is 0 Å². The van der Waals surface area contributed by atoms with E-state index < -0.39 is 12.6 Å². The Hall–Kier alpha value is -0.710. The van der Waals surface area contributed by atoms with Crippen molar-refractivity contribution < 1.29 is 13.2 Å². The van der Waals surface area contributed by atoms with Crippen LogP contribution < -0.4 is 0 Å². The van der Waals surface area contributed by atoms with Gasteiger partial charge in [-0.2, -0.15) is 18.3 Å². The van der Waals surface area contributed by atoms with Gasteiger partial charge in [-0.05, 0) is 20.8 Å². The van der Waals surface area contributed by atoms with Crippen molar-refractivity contribution in [1.82, 2.24) is 9.78 Å². The van der Waals surface area contributed by atoms with E-state index in [0.29, 0.717) is 11.4 Å². The number of rotatable bonds is 3. The van der Waals surface area contributed by atoms with Crippen molar-refractivity contribution >= 4 is 11.6 Å². The lowest BCUT2D eigenvalue weighted by molar-refractivity contribution is -0.137. The van der Waals surface area contributed by atoms with Crippen LogP contribution in [0.3, 0.4) is 0 Å². The van der Waals surface area contributed by atoms with Crippen LogP contribution in [0.4, 0.5) is 13.2 Å². The van der Waals surface area contributed by atoms with Gasteiger partial charge in [-0.25, -0.2) is 0 Å². The standard InChI is InChI=1S/C10H14ClF3N2/c1-6(11)9-7(2)15-16(8(9)3)5-4-10(12,13)14/h6H,4-5H2,1-3H3. The Kier molecular flexibility index (Phi) is 3.88. The molecule has 0 saturated heterocycles. The first kappa shape index (κ1) is 13.4. The predicted molar refractivity (Wildman–Crippen MR) is 56.6 cm³/mol. The smallest absolute Gasteiger partial charge is 0.269 e. The number of aromatic nitrogens is 2. The normalized spacial score (nSPS) is 14.2. The third-order valence-electron chi connectivity index (χ3n) is 2.44. The molecule has 0 saturated carbocycles. The van der Waals surface area contributed by atoms with E-state index in [4.69, 9.17) is 11.6 Å². The minimum absolute atomic E-state index is 0.153. The van der Waals surface area contributed by atoms with Crippen LogP contribution in [-0.2, 0) is 6.54 Å². The van der Waals surface area contributed by atoms with Crippen LogP contribution in [0, 0.1) is 13.8 Å². The highest BCUT2D eigenvalue weighted by Gasteiger charge is 2.27. The van der Waals surface area contributed by atoms with E-state index in [1.807, 2.05) is 0 Å². The molecule has 92 valence electrons. The Labute approximate surface area is 97.4 Å². The first-order chi connectivity index (χ1) is 7.22. The van der Waals surface area contributed by atoms with Crippen LogP contribution in [-0.4, -0.2) is 16.0 Å². The fraction of sp³-hybridized carbons (Fsp3) is 0.700. The highest BCUT2D eigenvalue weighted by Crippen LogP contribution is 2.27. The molecule has 16 heavy (non-hydrogen) atoms. The number of nitrogens with zero attached hydrogens (tertiary/aromatic N) is 2. The lowest BCUT2D eigenvalue weighted by Crippen LogP contribution is -2.14. The average Bonchev–Trinajstić information content (AvgIpc) is 2.36. The molecule has 0 N–H and O–H groups in total. The maximum Gasteiger partial charge on any atom is 0.390 e. The summed E-state index contributed by atoms with van der Waals surface area (Å²) in [5, 5.41) is 3.83. The van der Waals surface area contributed by atoms with Gasteiger partial charge in [0.25, 0.3) is 0 Å². The van der Waals surface area contributed by atoms with E-state index in [1.54, 1.807) is 20.8 Å². The Morgan fingerprint density at radius 3 is 2.31 bits per heavy atom. The Balaban J connectivity index is 2.87. The summed E-state index contributed by atoms with van der Waals surface area (Å²) in [7, 11) is 0. The van der Waals surface area contributed by atoms with E-state index in [1.165, 1.54) is 4.68 Å². The second-order valence-electron chi connectivity index (χ2n) is 3.79. The SMILES string of the molecule is Cc1nn(CCC(F)(F)F)c(C)c1C(C)Cl. The van der Waals surface area contributed by atoms with Gasteiger partial charge in [0.05, 0.1) is 17.5 Å². The van der Waals surface area contributed by atoms with E-state index in [9.17, 15) is 13.2 Å².